The van der Waals surface area contributed by atoms with Crippen molar-refractivity contribution in [3.05, 3.63) is 82.9 Å². The summed E-state index contributed by atoms with van der Waals surface area (Å²) in [6.07, 6.45) is 0. The molecule has 2 aromatic carbocycles. The normalized spacial score (nSPS) is 11.2. The lowest BCUT2D eigenvalue weighted by Gasteiger charge is -2.07. The third kappa shape index (κ3) is 3.74. The number of nitrogens with one attached hydrogen (secondary N) is 1. The largest absolute Gasteiger partial charge is 0.451 e. The number of para-hydroxylation sites is 2. The Morgan fingerprint density at radius 2 is 1.80 bits per heavy atom. The molecule has 0 aliphatic heterocycles. The van der Waals surface area contributed by atoms with Crippen molar-refractivity contribution in [2.24, 2.45) is 0 Å². The van der Waals surface area contributed by atoms with Crippen LogP contribution in [0, 0.1) is 13.8 Å². The van der Waals surface area contributed by atoms with Crippen molar-refractivity contribution < 1.29 is 13.9 Å². The molecule has 154 valence electrons. The highest BCUT2D eigenvalue weighted by Crippen LogP contribution is 2.27. The zero-order valence-corrected chi connectivity index (χ0v) is 17.4. The van der Waals surface area contributed by atoms with Crippen LogP contribution in [0.25, 0.3) is 16.7 Å². The van der Waals surface area contributed by atoms with Crippen LogP contribution >= 0.6 is 0 Å². The fourth-order valence-electron chi connectivity index (χ4n) is 3.63. The van der Waals surface area contributed by atoms with Gasteiger partial charge in [-0.1, -0.05) is 36.4 Å². The second-order valence-electron chi connectivity index (χ2n) is 7.12. The molecule has 6 heteroatoms. The van der Waals surface area contributed by atoms with Crippen LogP contribution in [-0.4, -0.2) is 22.3 Å². The maximum atomic E-state index is 13.0. The second kappa shape index (κ2) is 8.55. The Kier molecular flexibility index (Phi) is 5.68. The molecule has 4 rings (SSSR count). The summed E-state index contributed by atoms with van der Waals surface area (Å²) in [5.41, 5.74) is 5.33. The van der Waals surface area contributed by atoms with Gasteiger partial charge in [0.1, 0.15) is 5.58 Å². The predicted molar refractivity (Wildman–Crippen MR) is 116 cm³/mol. The molecule has 0 bridgehead atoms. The minimum Gasteiger partial charge on any atom is -0.451 e. The molecule has 2 heterocycles. The second-order valence-corrected chi connectivity index (χ2v) is 7.12. The molecule has 1 amide bonds. The summed E-state index contributed by atoms with van der Waals surface area (Å²) in [7, 11) is 0. The van der Waals surface area contributed by atoms with Gasteiger partial charge in [-0.25, -0.2) is 4.68 Å². The van der Waals surface area contributed by atoms with E-state index in [9.17, 15) is 4.79 Å². The van der Waals surface area contributed by atoms with E-state index in [1.807, 2.05) is 80.1 Å². The first kappa shape index (κ1) is 19.9. The number of furan rings is 1. The Labute approximate surface area is 175 Å². The minimum absolute atomic E-state index is 0.257. The topological polar surface area (TPSA) is 69.3 Å². The Hall–Kier alpha value is -3.38. The van der Waals surface area contributed by atoms with Gasteiger partial charge < -0.3 is 14.5 Å². The van der Waals surface area contributed by atoms with E-state index in [1.165, 1.54) is 0 Å². The van der Waals surface area contributed by atoms with E-state index in [-0.39, 0.29) is 5.91 Å². The predicted octanol–water partition coefficient (Wildman–Crippen LogP) is 4.70. The fourth-order valence-corrected chi connectivity index (χ4v) is 3.63. The number of ether oxygens (including phenoxy) is 1. The van der Waals surface area contributed by atoms with Crippen LogP contribution in [0.15, 0.2) is 59.0 Å². The number of fused-ring (bicyclic) bond motifs is 1. The molecule has 0 aliphatic carbocycles. The van der Waals surface area contributed by atoms with Gasteiger partial charge in [0.25, 0.3) is 5.91 Å². The summed E-state index contributed by atoms with van der Waals surface area (Å²) in [6, 6.07) is 17.6. The van der Waals surface area contributed by atoms with E-state index in [2.05, 4.69) is 10.4 Å². The van der Waals surface area contributed by atoms with Crippen molar-refractivity contribution in [1.29, 1.82) is 0 Å². The molecule has 30 heavy (non-hydrogen) atoms. The number of benzene rings is 2. The maximum absolute atomic E-state index is 13.0. The van der Waals surface area contributed by atoms with Gasteiger partial charge in [0, 0.05) is 35.4 Å². The number of hydrogen-bond acceptors (Lipinski definition) is 4. The van der Waals surface area contributed by atoms with Gasteiger partial charge in [0.2, 0.25) is 0 Å². The average Bonchev–Trinajstić information content (AvgIpc) is 3.28. The van der Waals surface area contributed by atoms with Gasteiger partial charge >= 0.3 is 0 Å². The van der Waals surface area contributed by atoms with Gasteiger partial charge in [0.05, 0.1) is 18.0 Å². The van der Waals surface area contributed by atoms with Crippen molar-refractivity contribution in [3.63, 3.8) is 0 Å². The van der Waals surface area contributed by atoms with Crippen LogP contribution < -0.4 is 5.32 Å². The van der Waals surface area contributed by atoms with E-state index in [1.54, 1.807) is 0 Å². The third-order valence-electron chi connectivity index (χ3n) is 5.22. The van der Waals surface area contributed by atoms with Crippen LogP contribution in [0.1, 0.15) is 40.0 Å². The zero-order valence-electron chi connectivity index (χ0n) is 17.4. The van der Waals surface area contributed by atoms with E-state index >= 15 is 0 Å². The Morgan fingerprint density at radius 3 is 2.57 bits per heavy atom. The summed E-state index contributed by atoms with van der Waals surface area (Å²) in [5.74, 6) is 0.0440. The van der Waals surface area contributed by atoms with Crippen LogP contribution in [0.3, 0.4) is 0 Å². The lowest BCUT2D eigenvalue weighted by molar-refractivity contribution is 0.0912. The van der Waals surface area contributed by atoms with Gasteiger partial charge in [-0.15, -0.1) is 0 Å². The van der Waals surface area contributed by atoms with Gasteiger partial charge in [-0.2, -0.15) is 5.10 Å². The van der Waals surface area contributed by atoms with E-state index in [4.69, 9.17) is 9.15 Å². The van der Waals surface area contributed by atoms with Crippen molar-refractivity contribution in [2.75, 3.05) is 6.61 Å². The first-order valence-corrected chi connectivity index (χ1v) is 10.1. The highest BCUT2D eigenvalue weighted by molar-refractivity contribution is 5.99. The Balaban J connectivity index is 1.58. The summed E-state index contributed by atoms with van der Waals surface area (Å²) < 4.78 is 13.3. The molecule has 6 nitrogen and oxygen atoms in total. The van der Waals surface area contributed by atoms with Gasteiger partial charge in [0.15, 0.2) is 5.76 Å². The smallest absolute Gasteiger partial charge is 0.287 e. The molecular formula is C24H25N3O3. The number of carbonyl (C=O) groups excluding carboxylic acids is 1. The van der Waals surface area contributed by atoms with Crippen molar-refractivity contribution in [1.82, 2.24) is 15.1 Å². The summed E-state index contributed by atoms with van der Waals surface area (Å²) in [4.78, 5) is 13.0. The van der Waals surface area contributed by atoms with Crippen LogP contribution in [-0.2, 0) is 17.9 Å². The number of rotatable bonds is 7. The average molecular weight is 403 g/mol. The maximum Gasteiger partial charge on any atom is 0.287 e. The number of hydrogen-bond donors (Lipinski definition) is 1. The van der Waals surface area contributed by atoms with E-state index in [0.29, 0.717) is 31.1 Å². The monoisotopic (exact) mass is 403 g/mol. The van der Waals surface area contributed by atoms with E-state index < -0.39 is 0 Å². The molecule has 0 atom stereocenters. The Morgan fingerprint density at radius 1 is 1.07 bits per heavy atom. The van der Waals surface area contributed by atoms with Crippen molar-refractivity contribution in [3.8, 4) is 5.69 Å². The fraction of sp³-hybridized carbons (Fsp3) is 0.250. The van der Waals surface area contributed by atoms with Crippen LogP contribution in [0.2, 0.25) is 0 Å². The van der Waals surface area contributed by atoms with E-state index in [0.717, 1.165) is 33.6 Å². The van der Waals surface area contributed by atoms with Crippen LogP contribution in [0.5, 0.6) is 0 Å². The highest BCUT2D eigenvalue weighted by Gasteiger charge is 2.21. The lowest BCUT2D eigenvalue weighted by atomic mass is 10.1. The summed E-state index contributed by atoms with van der Waals surface area (Å²) >= 11 is 0. The highest BCUT2D eigenvalue weighted by atomic mass is 16.5. The first-order chi connectivity index (χ1) is 14.6. The molecule has 1 N–H and O–H groups in total. The van der Waals surface area contributed by atoms with Gasteiger partial charge in [-0.3, -0.25) is 4.79 Å². The number of carbonyl (C=O) groups is 1. The third-order valence-corrected chi connectivity index (χ3v) is 5.22. The molecule has 0 spiro atoms. The standard InChI is InChI=1S/C24H25N3O3/c1-4-29-15-21-19-12-8-9-13-22(19)30-23(21)24(28)25-14-20-16(2)26-27(17(20)3)18-10-6-5-7-11-18/h5-13H,4,14-15H2,1-3H3,(H,25,28). The molecule has 0 unspecified atom stereocenters. The quantitative estimate of drug-likeness (QED) is 0.486. The molecule has 0 saturated heterocycles. The molecular weight excluding hydrogens is 378 g/mol. The zero-order chi connectivity index (χ0) is 21.1. The number of aryl methyl sites for hydroxylation is 1. The molecule has 0 saturated carbocycles. The molecule has 2 aromatic heterocycles. The number of nitrogens with zero attached hydrogens (tertiary/aromatic N) is 2. The number of amides is 1. The minimum atomic E-state index is -0.257. The summed E-state index contributed by atoms with van der Waals surface area (Å²) in [5, 5.41) is 8.55. The molecule has 0 aliphatic rings. The molecule has 4 aromatic rings. The lowest BCUT2D eigenvalue weighted by Crippen LogP contribution is -2.24. The first-order valence-electron chi connectivity index (χ1n) is 10.1. The van der Waals surface area contributed by atoms with Crippen molar-refractivity contribution >= 4 is 16.9 Å². The SMILES string of the molecule is CCOCc1c(C(=O)NCc2c(C)nn(-c3ccccc3)c2C)oc2ccccc12. The molecule has 0 radical (unpaired) electrons. The van der Waals surface area contributed by atoms with Gasteiger partial charge in [-0.05, 0) is 39.0 Å². The Bertz CT molecular complexity index is 1180. The number of aromatic nitrogens is 2. The van der Waals surface area contributed by atoms with Crippen molar-refractivity contribution in [2.45, 2.75) is 33.9 Å². The molecule has 0 fully saturated rings. The summed E-state index contributed by atoms with van der Waals surface area (Å²) in [6.45, 7) is 7.16. The van der Waals surface area contributed by atoms with Crippen LogP contribution in [0.4, 0.5) is 0 Å².